The van der Waals surface area contributed by atoms with E-state index in [1.165, 1.54) is 21.9 Å². The van der Waals surface area contributed by atoms with E-state index in [1.54, 1.807) is 0 Å². The van der Waals surface area contributed by atoms with Crippen LogP contribution in [0.1, 0.15) is 50.3 Å². The minimum absolute atomic E-state index is 0.00126. The van der Waals surface area contributed by atoms with Crippen LogP contribution >= 0.6 is 0 Å². The van der Waals surface area contributed by atoms with E-state index < -0.39 is 0 Å². The molecule has 0 aliphatic heterocycles. The monoisotopic (exact) mass is 648 g/mol. The second kappa shape index (κ2) is 14.6. The fourth-order valence-corrected chi connectivity index (χ4v) is 6.56. The van der Waals surface area contributed by atoms with Crippen molar-refractivity contribution in [2.75, 3.05) is 0 Å². The van der Waals surface area contributed by atoms with E-state index in [0.717, 1.165) is 51.2 Å². The molecule has 0 spiro atoms. The van der Waals surface area contributed by atoms with Gasteiger partial charge in [0, 0.05) is 27.8 Å². The van der Waals surface area contributed by atoms with Gasteiger partial charge in [-0.3, -0.25) is 0 Å². The third-order valence-corrected chi connectivity index (χ3v) is 9.21. The lowest BCUT2D eigenvalue weighted by Gasteiger charge is -2.18. The molecule has 0 radical (unpaired) electrons. The first-order valence-electron chi connectivity index (χ1n) is 17.2. The van der Waals surface area contributed by atoms with Gasteiger partial charge in [0.1, 0.15) is 5.82 Å². The van der Waals surface area contributed by atoms with Crippen molar-refractivity contribution in [1.82, 2.24) is 19.5 Å². The molecule has 4 heteroatoms. The third kappa shape index (κ3) is 6.48. The van der Waals surface area contributed by atoms with Crippen LogP contribution in [0.3, 0.4) is 0 Å². The fourth-order valence-electron chi connectivity index (χ4n) is 6.56. The smallest absolute Gasteiger partial charge is 0.165 e. The Labute approximate surface area is 294 Å². The second-order valence-electron chi connectivity index (χ2n) is 12.4. The standard InChI is InChI=1S/C46H40N4/c1-5-7-17-32(3)35-28-30-37(31-29-35)45-47-44(33(4)26-27-34(6-2)36-18-9-8-10-19-36)48-46(49-45)40-22-13-16-25-43(40)50-41-23-14-11-20-38(41)39-21-12-15-24-42(39)50/h5-30,37H,4,31H2,1-3H3/b7-5-,27-26-,32-17+,34-6+. The van der Waals surface area contributed by atoms with Crippen molar-refractivity contribution in [3.63, 3.8) is 0 Å². The molecular formula is C46H40N4. The van der Waals surface area contributed by atoms with Crippen molar-refractivity contribution in [2.24, 2.45) is 0 Å². The molecule has 0 N–H and O–H groups in total. The molecule has 6 aromatic rings. The first-order chi connectivity index (χ1) is 24.6. The normalized spacial score (nSPS) is 15.4. The van der Waals surface area contributed by atoms with Gasteiger partial charge in [0.25, 0.3) is 0 Å². The van der Waals surface area contributed by atoms with Crippen molar-refractivity contribution in [3.8, 4) is 17.1 Å². The van der Waals surface area contributed by atoms with Gasteiger partial charge in [-0.25, -0.2) is 15.0 Å². The molecule has 0 bridgehead atoms. The SMILES string of the molecule is C=C(/C=C\C(=C/C)c1ccccc1)c1nc(-c2ccccc2-n2c3ccccc3c3ccccc32)nc(C2C=CC(/C(C)=C/C=C\C)=CC2)n1. The Kier molecular flexibility index (Phi) is 9.43. The first-order valence-corrected chi connectivity index (χ1v) is 17.2. The molecule has 0 saturated heterocycles. The van der Waals surface area contributed by atoms with Crippen LogP contribution < -0.4 is 0 Å². The van der Waals surface area contributed by atoms with E-state index in [-0.39, 0.29) is 5.92 Å². The summed E-state index contributed by atoms with van der Waals surface area (Å²) in [6.07, 6.45) is 19.9. The summed E-state index contributed by atoms with van der Waals surface area (Å²) < 4.78 is 2.32. The summed E-state index contributed by atoms with van der Waals surface area (Å²) in [6, 6.07) is 35.9. The highest BCUT2D eigenvalue weighted by Crippen LogP contribution is 2.36. The molecule has 1 atom stereocenters. The summed E-state index contributed by atoms with van der Waals surface area (Å²) in [5.74, 6) is 1.92. The minimum Gasteiger partial charge on any atom is -0.309 e. The van der Waals surface area contributed by atoms with Crippen molar-refractivity contribution in [3.05, 3.63) is 193 Å². The average Bonchev–Trinajstić information content (AvgIpc) is 3.51. The molecule has 0 fully saturated rings. The van der Waals surface area contributed by atoms with Crippen LogP contribution in [0.25, 0.3) is 50.0 Å². The van der Waals surface area contributed by atoms with Gasteiger partial charge in [-0.15, -0.1) is 0 Å². The number of fused-ring (bicyclic) bond motifs is 3. The van der Waals surface area contributed by atoms with Crippen molar-refractivity contribution >= 4 is 33.0 Å². The number of hydrogen-bond acceptors (Lipinski definition) is 3. The fraction of sp³-hybridized carbons (Fsp3) is 0.109. The van der Waals surface area contributed by atoms with E-state index in [4.69, 9.17) is 15.0 Å². The summed E-state index contributed by atoms with van der Waals surface area (Å²) in [4.78, 5) is 15.4. The zero-order valence-corrected chi connectivity index (χ0v) is 28.8. The van der Waals surface area contributed by atoms with Crippen LogP contribution in [0.2, 0.25) is 0 Å². The summed E-state index contributed by atoms with van der Waals surface area (Å²) in [7, 11) is 0. The van der Waals surface area contributed by atoms with Crippen molar-refractivity contribution in [2.45, 2.75) is 33.1 Å². The number of benzene rings is 4. The highest BCUT2D eigenvalue weighted by atomic mass is 15.1. The van der Waals surface area contributed by atoms with E-state index >= 15 is 0 Å². The number of para-hydroxylation sites is 3. The van der Waals surface area contributed by atoms with Crippen LogP contribution in [0, 0.1) is 0 Å². The highest BCUT2D eigenvalue weighted by Gasteiger charge is 2.21. The third-order valence-electron chi connectivity index (χ3n) is 9.21. The number of nitrogens with zero attached hydrogens (tertiary/aromatic N) is 4. The molecule has 7 rings (SSSR count). The maximum atomic E-state index is 5.20. The Balaban J connectivity index is 1.35. The lowest BCUT2D eigenvalue weighted by Crippen LogP contribution is -2.10. The Morgan fingerprint density at radius 3 is 2.14 bits per heavy atom. The van der Waals surface area contributed by atoms with E-state index in [9.17, 15) is 0 Å². The predicted octanol–water partition coefficient (Wildman–Crippen LogP) is 11.8. The van der Waals surface area contributed by atoms with Gasteiger partial charge in [0.15, 0.2) is 11.6 Å². The molecule has 2 aromatic heterocycles. The van der Waals surface area contributed by atoms with Crippen LogP contribution in [0.4, 0.5) is 0 Å². The number of rotatable bonds is 9. The molecule has 50 heavy (non-hydrogen) atoms. The first kappa shape index (κ1) is 32.4. The van der Waals surface area contributed by atoms with Gasteiger partial charge in [0.05, 0.1) is 16.7 Å². The van der Waals surface area contributed by atoms with Gasteiger partial charge in [-0.1, -0.05) is 140 Å². The van der Waals surface area contributed by atoms with Gasteiger partial charge in [-0.05, 0) is 73.7 Å². The zero-order chi connectivity index (χ0) is 34.5. The molecule has 0 amide bonds. The van der Waals surface area contributed by atoms with E-state index in [0.29, 0.717) is 11.6 Å². The summed E-state index contributed by atoms with van der Waals surface area (Å²) in [5.41, 5.74) is 9.64. The number of aromatic nitrogens is 4. The number of allylic oxidation sites excluding steroid dienone is 13. The molecule has 4 aromatic carbocycles. The maximum absolute atomic E-state index is 5.20. The van der Waals surface area contributed by atoms with Gasteiger partial charge in [0.2, 0.25) is 0 Å². The Hall–Kier alpha value is -6.13. The Bertz CT molecular complexity index is 2340. The predicted molar refractivity (Wildman–Crippen MR) is 211 cm³/mol. The molecule has 4 nitrogen and oxygen atoms in total. The van der Waals surface area contributed by atoms with Crippen LogP contribution in [0.5, 0.6) is 0 Å². The molecule has 2 heterocycles. The molecule has 1 aliphatic rings. The topological polar surface area (TPSA) is 43.6 Å². The average molecular weight is 649 g/mol. The Morgan fingerprint density at radius 1 is 0.780 bits per heavy atom. The summed E-state index contributed by atoms with van der Waals surface area (Å²) in [6.45, 7) is 10.7. The van der Waals surface area contributed by atoms with Gasteiger partial charge < -0.3 is 4.57 Å². The molecular weight excluding hydrogens is 609 g/mol. The zero-order valence-electron chi connectivity index (χ0n) is 28.8. The summed E-state index contributed by atoms with van der Waals surface area (Å²) >= 11 is 0. The number of hydrogen-bond donors (Lipinski definition) is 0. The van der Waals surface area contributed by atoms with Crippen LogP contribution in [-0.4, -0.2) is 19.5 Å². The quantitative estimate of drug-likeness (QED) is 0.147. The van der Waals surface area contributed by atoms with Crippen LogP contribution in [-0.2, 0) is 0 Å². The highest BCUT2D eigenvalue weighted by molar-refractivity contribution is 6.09. The van der Waals surface area contributed by atoms with Gasteiger partial charge in [-0.2, -0.15) is 0 Å². The van der Waals surface area contributed by atoms with E-state index in [2.05, 4.69) is 158 Å². The van der Waals surface area contributed by atoms with Gasteiger partial charge >= 0.3 is 0 Å². The largest absolute Gasteiger partial charge is 0.309 e. The second-order valence-corrected chi connectivity index (χ2v) is 12.4. The summed E-state index contributed by atoms with van der Waals surface area (Å²) in [5, 5.41) is 2.42. The lowest BCUT2D eigenvalue weighted by molar-refractivity contribution is 0.753. The van der Waals surface area contributed by atoms with Crippen LogP contribution in [0.15, 0.2) is 176 Å². The molecule has 1 aliphatic carbocycles. The molecule has 1 unspecified atom stereocenters. The minimum atomic E-state index is 0.00126. The van der Waals surface area contributed by atoms with Crippen molar-refractivity contribution in [1.29, 1.82) is 0 Å². The van der Waals surface area contributed by atoms with Crippen molar-refractivity contribution < 1.29 is 0 Å². The lowest BCUT2D eigenvalue weighted by atomic mass is 9.92. The Morgan fingerprint density at radius 2 is 1.46 bits per heavy atom. The van der Waals surface area contributed by atoms with E-state index in [1.807, 2.05) is 32.1 Å². The molecule has 0 saturated carbocycles. The molecule has 244 valence electrons. The maximum Gasteiger partial charge on any atom is 0.165 e.